The fourth-order valence-corrected chi connectivity index (χ4v) is 2.17. The molecule has 28 heavy (non-hydrogen) atoms. The van der Waals surface area contributed by atoms with Crippen LogP contribution in [0.15, 0.2) is 84.6 Å². The monoisotopic (exact) mass is 381 g/mol. The molecule has 0 aromatic heterocycles. The van der Waals surface area contributed by atoms with Crippen LogP contribution >= 0.6 is 0 Å². The Morgan fingerprint density at radius 1 is 1.29 bits per heavy atom. The quantitative estimate of drug-likeness (QED) is 0.252. The molecule has 0 aliphatic heterocycles. The first-order chi connectivity index (χ1) is 13.7. The molecule has 5 heteroatoms. The van der Waals surface area contributed by atoms with Gasteiger partial charge in [-0.05, 0) is 36.6 Å². The molecule has 0 saturated heterocycles. The van der Waals surface area contributed by atoms with Crippen molar-refractivity contribution < 1.29 is 9.84 Å². The highest BCUT2D eigenvalue weighted by atomic mass is 16.6. The molecule has 150 valence electrons. The fourth-order valence-electron chi connectivity index (χ4n) is 2.17. The minimum absolute atomic E-state index is 0.286. The van der Waals surface area contributed by atoms with Crippen molar-refractivity contribution in [3.05, 3.63) is 85.0 Å². The lowest BCUT2D eigenvalue weighted by molar-refractivity contribution is -0.0668. The lowest BCUT2D eigenvalue weighted by atomic mass is 10.1. The third-order valence-electron chi connectivity index (χ3n) is 3.51. The smallest absolute Gasteiger partial charge is 0.235 e. The molecule has 2 rings (SSSR count). The number of nitrogens with zero attached hydrogens (tertiary/aromatic N) is 1. The predicted octanol–water partition coefficient (Wildman–Crippen LogP) is 4.63. The summed E-state index contributed by atoms with van der Waals surface area (Å²) in [4.78, 5) is 0. The number of rotatable bonds is 9. The maximum atomic E-state index is 9.62. The molecule has 1 aliphatic rings. The third-order valence-corrected chi connectivity index (χ3v) is 3.51. The van der Waals surface area contributed by atoms with E-state index in [1.54, 1.807) is 13.1 Å². The van der Waals surface area contributed by atoms with Crippen molar-refractivity contribution in [2.24, 2.45) is 5.10 Å². The number of hydrogen-bond donors (Lipinski definition) is 3. The molecule has 3 N–H and O–H groups in total. The minimum atomic E-state index is -1.06. The number of allylic oxidation sites excluding steroid dienone is 7. The number of hydrazone groups is 1. The summed E-state index contributed by atoms with van der Waals surface area (Å²) in [6, 6.07) is 7.66. The summed E-state index contributed by atoms with van der Waals surface area (Å²) in [6.07, 6.45) is 18.8. The van der Waals surface area contributed by atoms with E-state index in [2.05, 4.69) is 46.7 Å². The first kappa shape index (κ1) is 23.1. The molecule has 1 aliphatic carbocycles. The van der Waals surface area contributed by atoms with Crippen LogP contribution < -0.4 is 10.7 Å². The average molecular weight is 382 g/mol. The zero-order valence-electron chi connectivity index (χ0n) is 16.7. The van der Waals surface area contributed by atoms with Gasteiger partial charge in [0.05, 0.1) is 12.3 Å². The molecule has 0 radical (unpaired) electrons. The first-order valence-corrected chi connectivity index (χ1v) is 9.36. The van der Waals surface area contributed by atoms with Crippen LogP contribution in [0.3, 0.4) is 0 Å². The van der Waals surface area contributed by atoms with E-state index in [1.807, 2.05) is 55.5 Å². The van der Waals surface area contributed by atoms with Crippen LogP contribution in [0.1, 0.15) is 25.3 Å². The van der Waals surface area contributed by atoms with Crippen LogP contribution in [0.2, 0.25) is 0 Å². The van der Waals surface area contributed by atoms with E-state index in [1.165, 1.54) is 0 Å². The highest BCUT2D eigenvalue weighted by molar-refractivity contribution is 5.97. The first-order valence-electron chi connectivity index (χ1n) is 9.36. The molecule has 1 aromatic carbocycles. The van der Waals surface area contributed by atoms with Crippen LogP contribution in [0.5, 0.6) is 0 Å². The van der Waals surface area contributed by atoms with Gasteiger partial charge in [-0.25, -0.2) is 0 Å². The van der Waals surface area contributed by atoms with Crippen molar-refractivity contribution in [2.75, 3.05) is 19.0 Å². The molecule has 0 spiro atoms. The van der Waals surface area contributed by atoms with E-state index in [0.717, 1.165) is 29.8 Å². The number of nitrogens with one attached hydrogen (secondary N) is 2. The van der Waals surface area contributed by atoms with Gasteiger partial charge in [-0.15, -0.1) is 6.58 Å². The second-order valence-electron chi connectivity index (χ2n) is 5.73. The van der Waals surface area contributed by atoms with Gasteiger partial charge in [0.2, 0.25) is 6.41 Å². The Balaban J connectivity index is 0.000000467. The number of benzene rings is 1. The summed E-state index contributed by atoms with van der Waals surface area (Å²) in [6.45, 7) is 5.86. The molecule has 0 amide bonds. The Morgan fingerprint density at radius 3 is 2.68 bits per heavy atom. The fraction of sp³-hybridized carbons (Fsp3) is 0.261. The Labute approximate surface area is 168 Å². The largest absolute Gasteiger partial charge is 0.351 e. The van der Waals surface area contributed by atoms with Crippen LogP contribution in [0, 0.1) is 0 Å². The van der Waals surface area contributed by atoms with Crippen molar-refractivity contribution >= 4 is 17.5 Å². The second kappa shape index (κ2) is 15.2. The lowest BCUT2D eigenvalue weighted by Gasteiger charge is -2.14. The van der Waals surface area contributed by atoms with E-state index in [4.69, 9.17) is 4.74 Å². The molecule has 1 aromatic rings. The van der Waals surface area contributed by atoms with Crippen molar-refractivity contribution in [3.8, 4) is 0 Å². The number of hydrogen-bond acceptors (Lipinski definition) is 5. The number of ether oxygens (including phenoxy) is 1. The zero-order chi connectivity index (χ0) is 20.5. The van der Waals surface area contributed by atoms with Crippen LogP contribution in [0.25, 0.3) is 6.08 Å². The zero-order valence-corrected chi connectivity index (χ0v) is 16.7. The van der Waals surface area contributed by atoms with E-state index in [9.17, 15) is 5.11 Å². The van der Waals surface area contributed by atoms with Gasteiger partial charge >= 0.3 is 0 Å². The molecule has 0 bridgehead atoms. The predicted molar refractivity (Wildman–Crippen MR) is 120 cm³/mol. The second-order valence-corrected chi connectivity index (χ2v) is 5.73. The van der Waals surface area contributed by atoms with Gasteiger partial charge in [0.25, 0.3) is 0 Å². The lowest BCUT2D eigenvalue weighted by Crippen LogP contribution is -2.22. The summed E-state index contributed by atoms with van der Waals surface area (Å²) in [7, 11) is 1.78. The van der Waals surface area contributed by atoms with Crippen molar-refractivity contribution in [3.63, 3.8) is 0 Å². The van der Waals surface area contributed by atoms with Gasteiger partial charge in [-0.1, -0.05) is 67.7 Å². The SMILES string of the molecule is C1=CC=CCC=C1.C=CCOC(O)Nc1cccc(/C=C/C(CC)=N\NC)c1. The maximum Gasteiger partial charge on any atom is 0.235 e. The van der Waals surface area contributed by atoms with Gasteiger partial charge in [0.15, 0.2) is 0 Å². The molecule has 1 unspecified atom stereocenters. The number of anilines is 1. The topological polar surface area (TPSA) is 65.9 Å². The van der Waals surface area contributed by atoms with Gasteiger partial charge in [0.1, 0.15) is 0 Å². The normalized spacial score (nSPS) is 14.2. The Kier molecular flexibility index (Phi) is 12.6. The van der Waals surface area contributed by atoms with Gasteiger partial charge in [0, 0.05) is 12.7 Å². The summed E-state index contributed by atoms with van der Waals surface area (Å²) < 4.78 is 5.06. The summed E-state index contributed by atoms with van der Waals surface area (Å²) in [5.74, 6) is 0. The third kappa shape index (κ3) is 11.0. The van der Waals surface area contributed by atoms with Crippen LogP contribution in [-0.2, 0) is 4.74 Å². The molecular formula is C23H31N3O2. The minimum Gasteiger partial charge on any atom is -0.351 e. The summed E-state index contributed by atoms with van der Waals surface area (Å²) in [5.41, 5.74) is 5.52. The van der Waals surface area contributed by atoms with E-state index >= 15 is 0 Å². The maximum absolute atomic E-state index is 9.62. The molecule has 0 saturated carbocycles. The molecule has 1 atom stereocenters. The van der Waals surface area contributed by atoms with Crippen molar-refractivity contribution in [2.45, 2.75) is 26.2 Å². The summed E-state index contributed by atoms with van der Waals surface area (Å²) in [5, 5.41) is 16.6. The molecule has 5 nitrogen and oxygen atoms in total. The van der Waals surface area contributed by atoms with Crippen molar-refractivity contribution in [1.29, 1.82) is 0 Å². The van der Waals surface area contributed by atoms with E-state index < -0.39 is 6.41 Å². The standard InChI is InChI=1S/C16H23N3O2.C7H8/c1-4-11-21-16(20)18-15-8-6-7-13(12-15)9-10-14(5-2)19-17-3;1-2-4-6-7-5-3-1/h4,6-10,12,16-18,20H,1,5,11H2,2-3H3;1-6H,7H2/b10-9+,19-14-;. The molecule has 0 fully saturated rings. The van der Waals surface area contributed by atoms with E-state index in [0.29, 0.717) is 0 Å². The van der Waals surface area contributed by atoms with E-state index in [-0.39, 0.29) is 6.61 Å². The highest BCUT2D eigenvalue weighted by Gasteiger charge is 2.02. The van der Waals surface area contributed by atoms with Gasteiger partial charge < -0.3 is 20.6 Å². The number of aliphatic hydroxyl groups is 1. The Hall–Kier alpha value is -2.89. The summed E-state index contributed by atoms with van der Waals surface area (Å²) >= 11 is 0. The average Bonchev–Trinajstić information content (AvgIpc) is 3.03. The van der Waals surface area contributed by atoms with Gasteiger partial charge in [-0.2, -0.15) is 5.10 Å². The molecular weight excluding hydrogens is 350 g/mol. The van der Waals surface area contributed by atoms with Crippen molar-refractivity contribution in [1.82, 2.24) is 5.43 Å². The van der Waals surface area contributed by atoms with Crippen LogP contribution in [-0.4, -0.2) is 30.9 Å². The Morgan fingerprint density at radius 2 is 2.04 bits per heavy atom. The number of aliphatic hydroxyl groups excluding tert-OH is 1. The highest BCUT2D eigenvalue weighted by Crippen LogP contribution is 2.13. The Bertz CT molecular complexity index is 704. The molecule has 0 heterocycles. The van der Waals surface area contributed by atoms with Crippen LogP contribution in [0.4, 0.5) is 5.69 Å². The van der Waals surface area contributed by atoms with Gasteiger partial charge in [-0.3, -0.25) is 0 Å².